The van der Waals surface area contributed by atoms with Crippen LogP contribution in [0.2, 0.25) is 5.02 Å². The van der Waals surface area contributed by atoms with E-state index in [9.17, 15) is 9.18 Å². The molecule has 0 aliphatic heterocycles. The lowest BCUT2D eigenvalue weighted by molar-refractivity contribution is -0.117. The van der Waals surface area contributed by atoms with Crippen LogP contribution >= 0.6 is 23.1 Å². The SMILES string of the molecule is O=C(Nc1nc(-c2cccc(Cl)c2)ns1)[C@@H]1C[C@H]1c1cccc(F)c1. The van der Waals surface area contributed by atoms with E-state index < -0.39 is 0 Å². The topological polar surface area (TPSA) is 54.9 Å². The Morgan fingerprint density at radius 2 is 2.08 bits per heavy atom. The first-order chi connectivity index (χ1) is 12.1. The van der Waals surface area contributed by atoms with Crippen LogP contribution in [0.5, 0.6) is 0 Å². The predicted molar refractivity (Wildman–Crippen MR) is 96.2 cm³/mol. The van der Waals surface area contributed by atoms with E-state index in [0.717, 1.165) is 29.1 Å². The van der Waals surface area contributed by atoms with E-state index in [4.69, 9.17) is 11.6 Å². The van der Waals surface area contributed by atoms with E-state index in [-0.39, 0.29) is 23.6 Å². The third kappa shape index (κ3) is 3.55. The zero-order chi connectivity index (χ0) is 17.4. The van der Waals surface area contributed by atoms with Crippen LogP contribution in [-0.4, -0.2) is 15.3 Å². The van der Waals surface area contributed by atoms with Crippen molar-refractivity contribution in [3.05, 3.63) is 64.9 Å². The molecule has 1 aliphatic carbocycles. The highest BCUT2D eigenvalue weighted by molar-refractivity contribution is 7.10. The molecule has 0 saturated heterocycles. The van der Waals surface area contributed by atoms with Crippen LogP contribution in [0.1, 0.15) is 17.9 Å². The largest absolute Gasteiger partial charge is 0.300 e. The minimum atomic E-state index is -0.279. The Bertz CT molecular complexity index is 945. The van der Waals surface area contributed by atoms with Gasteiger partial charge in [0, 0.05) is 28.0 Å². The molecule has 1 aromatic heterocycles. The maximum absolute atomic E-state index is 13.3. The lowest BCUT2D eigenvalue weighted by Gasteiger charge is -2.01. The van der Waals surface area contributed by atoms with Crippen LogP contribution in [0.15, 0.2) is 48.5 Å². The Kier molecular flexibility index (Phi) is 4.23. The molecule has 1 fully saturated rings. The Labute approximate surface area is 152 Å². The Morgan fingerprint density at radius 3 is 2.88 bits per heavy atom. The molecule has 0 unspecified atom stereocenters. The van der Waals surface area contributed by atoms with Crippen LogP contribution in [0.3, 0.4) is 0 Å². The lowest BCUT2D eigenvalue weighted by Crippen LogP contribution is -2.14. The molecule has 1 amide bonds. The average molecular weight is 374 g/mol. The quantitative estimate of drug-likeness (QED) is 0.718. The van der Waals surface area contributed by atoms with Crippen molar-refractivity contribution in [3.63, 3.8) is 0 Å². The van der Waals surface area contributed by atoms with Crippen molar-refractivity contribution < 1.29 is 9.18 Å². The van der Waals surface area contributed by atoms with Gasteiger partial charge in [-0.1, -0.05) is 35.9 Å². The fourth-order valence-electron chi connectivity index (χ4n) is 2.81. The van der Waals surface area contributed by atoms with Gasteiger partial charge in [0.2, 0.25) is 11.0 Å². The molecule has 25 heavy (non-hydrogen) atoms. The van der Waals surface area contributed by atoms with E-state index in [1.54, 1.807) is 18.2 Å². The molecule has 1 heterocycles. The van der Waals surface area contributed by atoms with Gasteiger partial charge in [0.15, 0.2) is 5.82 Å². The smallest absolute Gasteiger partial charge is 0.229 e. The monoisotopic (exact) mass is 373 g/mol. The Hall–Kier alpha value is -2.31. The second-order valence-corrected chi connectivity index (χ2v) is 7.11. The molecule has 126 valence electrons. The number of carbonyl (C=O) groups excluding carboxylic acids is 1. The minimum absolute atomic E-state index is 0.0658. The zero-order valence-corrected chi connectivity index (χ0v) is 14.5. The number of carbonyl (C=O) groups is 1. The maximum Gasteiger partial charge on any atom is 0.229 e. The van der Waals surface area contributed by atoms with Crippen molar-refractivity contribution in [2.24, 2.45) is 5.92 Å². The molecule has 0 radical (unpaired) electrons. The number of anilines is 1. The van der Waals surface area contributed by atoms with Gasteiger partial charge in [-0.2, -0.15) is 9.36 Å². The number of benzene rings is 2. The molecule has 0 bridgehead atoms. The summed E-state index contributed by atoms with van der Waals surface area (Å²) in [5.41, 5.74) is 1.66. The molecule has 1 saturated carbocycles. The normalized spacial score (nSPS) is 18.8. The highest BCUT2D eigenvalue weighted by atomic mass is 35.5. The molecule has 0 spiro atoms. The molecule has 4 nitrogen and oxygen atoms in total. The molecule has 7 heteroatoms. The van der Waals surface area contributed by atoms with Gasteiger partial charge in [-0.05, 0) is 42.2 Å². The van der Waals surface area contributed by atoms with Gasteiger partial charge in [-0.3, -0.25) is 4.79 Å². The number of aromatic nitrogens is 2. The summed E-state index contributed by atoms with van der Waals surface area (Å²) in [7, 11) is 0. The van der Waals surface area contributed by atoms with Gasteiger partial charge in [0.1, 0.15) is 5.82 Å². The first kappa shape index (κ1) is 16.2. The number of nitrogens with one attached hydrogen (secondary N) is 1. The van der Waals surface area contributed by atoms with E-state index in [1.807, 2.05) is 18.2 Å². The van der Waals surface area contributed by atoms with E-state index >= 15 is 0 Å². The van der Waals surface area contributed by atoms with E-state index in [0.29, 0.717) is 16.0 Å². The maximum atomic E-state index is 13.3. The second kappa shape index (κ2) is 6.54. The van der Waals surface area contributed by atoms with Crippen molar-refractivity contribution in [1.82, 2.24) is 9.36 Å². The molecular weight excluding hydrogens is 361 g/mol. The molecular formula is C18H13ClFN3OS. The zero-order valence-electron chi connectivity index (χ0n) is 12.9. The number of nitrogens with zero attached hydrogens (tertiary/aromatic N) is 2. The Morgan fingerprint density at radius 1 is 1.24 bits per heavy atom. The van der Waals surface area contributed by atoms with Crippen LogP contribution in [0.25, 0.3) is 11.4 Å². The summed E-state index contributed by atoms with van der Waals surface area (Å²) in [6.07, 6.45) is 0.718. The molecule has 3 aromatic rings. The third-order valence-corrected chi connectivity index (χ3v) is 5.01. The first-order valence-corrected chi connectivity index (χ1v) is 8.91. The lowest BCUT2D eigenvalue weighted by atomic mass is 10.1. The summed E-state index contributed by atoms with van der Waals surface area (Å²) < 4.78 is 17.6. The van der Waals surface area contributed by atoms with E-state index in [1.165, 1.54) is 12.1 Å². The summed E-state index contributed by atoms with van der Waals surface area (Å²) in [4.78, 5) is 16.7. The van der Waals surface area contributed by atoms with Crippen molar-refractivity contribution in [2.45, 2.75) is 12.3 Å². The van der Waals surface area contributed by atoms with Crippen LogP contribution in [0.4, 0.5) is 9.52 Å². The fourth-order valence-corrected chi connectivity index (χ4v) is 3.59. The van der Waals surface area contributed by atoms with Gasteiger partial charge in [0.05, 0.1) is 0 Å². The highest BCUT2D eigenvalue weighted by Gasteiger charge is 2.44. The Balaban J connectivity index is 1.42. The van der Waals surface area contributed by atoms with Gasteiger partial charge < -0.3 is 5.32 Å². The molecule has 1 N–H and O–H groups in total. The van der Waals surface area contributed by atoms with Crippen molar-refractivity contribution in [1.29, 1.82) is 0 Å². The summed E-state index contributed by atoms with van der Waals surface area (Å²) in [6.45, 7) is 0. The molecule has 2 atom stereocenters. The molecule has 1 aliphatic rings. The third-order valence-electron chi connectivity index (χ3n) is 4.14. The van der Waals surface area contributed by atoms with Gasteiger partial charge in [-0.15, -0.1) is 0 Å². The van der Waals surface area contributed by atoms with Gasteiger partial charge in [-0.25, -0.2) is 4.39 Å². The second-order valence-electron chi connectivity index (χ2n) is 5.93. The van der Waals surface area contributed by atoms with Crippen LogP contribution in [0, 0.1) is 11.7 Å². The number of hydrogen-bond acceptors (Lipinski definition) is 4. The van der Waals surface area contributed by atoms with Crippen molar-refractivity contribution >= 4 is 34.2 Å². The number of amides is 1. The number of halogens is 2. The summed E-state index contributed by atoms with van der Waals surface area (Å²) in [5.74, 6) is 0.0542. The van der Waals surface area contributed by atoms with Crippen molar-refractivity contribution in [3.8, 4) is 11.4 Å². The summed E-state index contributed by atoms with van der Waals surface area (Å²) in [6, 6.07) is 13.6. The standard InChI is InChI=1S/C18H13ClFN3OS/c19-12-5-1-4-11(7-12)16-21-18(25-23-16)22-17(24)15-9-14(15)10-3-2-6-13(20)8-10/h1-8,14-15H,9H2,(H,21,22,23,24)/t14-,15+/m0/s1. The van der Waals surface area contributed by atoms with Crippen molar-refractivity contribution in [2.75, 3.05) is 5.32 Å². The molecule has 2 aromatic carbocycles. The predicted octanol–water partition coefficient (Wildman–Crippen LogP) is 4.74. The number of hydrogen-bond donors (Lipinski definition) is 1. The summed E-state index contributed by atoms with van der Waals surface area (Å²) in [5, 5.41) is 3.86. The van der Waals surface area contributed by atoms with E-state index in [2.05, 4.69) is 14.7 Å². The fraction of sp³-hybridized carbons (Fsp3) is 0.167. The average Bonchev–Trinajstić information content (AvgIpc) is 3.27. The highest BCUT2D eigenvalue weighted by Crippen LogP contribution is 2.48. The van der Waals surface area contributed by atoms with Crippen LogP contribution in [-0.2, 0) is 4.79 Å². The van der Waals surface area contributed by atoms with Gasteiger partial charge in [0.25, 0.3) is 0 Å². The van der Waals surface area contributed by atoms with Gasteiger partial charge >= 0.3 is 0 Å². The number of rotatable bonds is 4. The minimum Gasteiger partial charge on any atom is -0.300 e. The van der Waals surface area contributed by atoms with Crippen LogP contribution < -0.4 is 5.32 Å². The molecule has 4 rings (SSSR count). The first-order valence-electron chi connectivity index (χ1n) is 7.76. The summed E-state index contributed by atoms with van der Waals surface area (Å²) >= 11 is 7.10.